The van der Waals surface area contributed by atoms with Crippen LogP contribution in [0.4, 0.5) is 4.79 Å². The summed E-state index contributed by atoms with van der Waals surface area (Å²) in [6.45, 7) is 8.98. The molecule has 0 atom stereocenters. The van der Waals surface area contributed by atoms with Gasteiger partial charge in [0.25, 0.3) is 0 Å². The molecular weight excluding hydrogens is 216 g/mol. The van der Waals surface area contributed by atoms with E-state index in [0.29, 0.717) is 18.9 Å². The molecule has 1 heterocycles. The van der Waals surface area contributed by atoms with Crippen LogP contribution in [0.1, 0.15) is 40.5 Å². The Kier molecular flexibility index (Phi) is 4.73. The average Bonchev–Trinajstić information content (AvgIpc) is 2.64. The van der Waals surface area contributed by atoms with E-state index in [1.165, 1.54) is 0 Å². The molecule has 0 bridgehead atoms. The summed E-state index contributed by atoms with van der Waals surface area (Å²) in [7, 11) is 0. The summed E-state index contributed by atoms with van der Waals surface area (Å²) in [5, 5.41) is 0. The molecule has 0 aromatic rings. The molecule has 0 saturated heterocycles. The zero-order chi connectivity index (χ0) is 12.9. The zero-order valence-corrected chi connectivity index (χ0v) is 11.2. The van der Waals surface area contributed by atoms with Gasteiger partial charge < -0.3 is 4.74 Å². The number of rotatable bonds is 3. The van der Waals surface area contributed by atoms with Gasteiger partial charge in [-0.3, -0.25) is 9.89 Å². The lowest BCUT2D eigenvalue weighted by Gasteiger charge is -2.24. The number of carbonyl (C=O) groups excluding carboxylic acids is 1. The summed E-state index contributed by atoms with van der Waals surface area (Å²) in [6, 6.07) is 0. The van der Waals surface area contributed by atoms with Crippen molar-refractivity contribution in [1.82, 2.24) is 4.90 Å². The van der Waals surface area contributed by atoms with Gasteiger partial charge in [0.15, 0.2) is 0 Å². The third-order valence-electron chi connectivity index (χ3n) is 2.21. The first-order valence-electron chi connectivity index (χ1n) is 6.15. The smallest absolute Gasteiger partial charge is 0.416 e. The molecule has 0 aliphatic carbocycles. The Morgan fingerprint density at radius 1 is 1.53 bits per heavy atom. The molecule has 0 radical (unpaired) electrons. The fourth-order valence-electron chi connectivity index (χ4n) is 1.46. The second kappa shape index (κ2) is 5.84. The fourth-order valence-corrected chi connectivity index (χ4v) is 1.46. The molecule has 17 heavy (non-hydrogen) atoms. The van der Waals surface area contributed by atoms with Crippen molar-refractivity contribution in [3.63, 3.8) is 0 Å². The normalized spacial score (nSPS) is 16.5. The van der Waals surface area contributed by atoms with Crippen LogP contribution < -0.4 is 0 Å². The topological polar surface area (TPSA) is 41.9 Å². The number of aliphatic imine (C=N–C) groups is 1. The first-order valence-corrected chi connectivity index (χ1v) is 6.15. The Bertz CT molecular complexity index is 327. The predicted octanol–water partition coefficient (Wildman–Crippen LogP) is 2.99. The average molecular weight is 238 g/mol. The predicted molar refractivity (Wildman–Crippen MR) is 69.3 cm³/mol. The van der Waals surface area contributed by atoms with E-state index in [2.05, 4.69) is 11.9 Å². The molecule has 4 nitrogen and oxygen atoms in total. The quantitative estimate of drug-likeness (QED) is 0.758. The molecule has 0 aromatic heterocycles. The van der Waals surface area contributed by atoms with E-state index in [1.54, 1.807) is 4.90 Å². The molecule has 0 aromatic carbocycles. The van der Waals surface area contributed by atoms with E-state index >= 15 is 0 Å². The molecule has 0 saturated carbocycles. The van der Waals surface area contributed by atoms with Crippen LogP contribution in [0.3, 0.4) is 0 Å². The highest BCUT2D eigenvalue weighted by Gasteiger charge is 2.26. The van der Waals surface area contributed by atoms with Crippen molar-refractivity contribution in [2.75, 3.05) is 13.1 Å². The van der Waals surface area contributed by atoms with Crippen molar-refractivity contribution in [1.29, 1.82) is 0 Å². The number of unbranched alkanes of at least 4 members (excludes halogenated alkanes) is 1. The molecule has 0 unspecified atom stereocenters. The molecule has 1 amide bonds. The maximum absolute atomic E-state index is 11.9. The van der Waals surface area contributed by atoms with Crippen LogP contribution in [0.5, 0.6) is 0 Å². The van der Waals surface area contributed by atoms with Crippen LogP contribution in [-0.4, -0.2) is 35.5 Å². The number of ether oxygens (including phenoxy) is 1. The van der Waals surface area contributed by atoms with Gasteiger partial charge >= 0.3 is 6.09 Å². The molecule has 0 spiro atoms. The van der Waals surface area contributed by atoms with Crippen LogP contribution in [-0.2, 0) is 4.74 Å². The molecule has 96 valence electrons. The van der Waals surface area contributed by atoms with Gasteiger partial charge in [0.05, 0.1) is 13.1 Å². The molecule has 0 N–H and O–H groups in total. The number of amides is 1. The van der Waals surface area contributed by atoms with E-state index in [9.17, 15) is 4.79 Å². The molecule has 1 aliphatic heterocycles. The lowest BCUT2D eigenvalue weighted by Crippen LogP contribution is -2.38. The number of nitrogens with zero attached hydrogens (tertiary/aromatic N) is 2. The Morgan fingerprint density at radius 2 is 2.24 bits per heavy atom. The van der Waals surface area contributed by atoms with Crippen LogP contribution in [0, 0.1) is 0 Å². The third-order valence-corrected chi connectivity index (χ3v) is 2.21. The SMILES string of the molecule is CCC/C=C\C1=NCCN1C(=O)OC(C)(C)C. The summed E-state index contributed by atoms with van der Waals surface area (Å²) in [5.41, 5.74) is -0.460. The van der Waals surface area contributed by atoms with Crippen molar-refractivity contribution in [3.05, 3.63) is 12.2 Å². The summed E-state index contributed by atoms with van der Waals surface area (Å²) in [6.07, 6.45) is 5.73. The van der Waals surface area contributed by atoms with Crippen molar-refractivity contribution in [2.24, 2.45) is 4.99 Å². The summed E-state index contributed by atoms with van der Waals surface area (Å²) in [4.78, 5) is 17.8. The molecule has 4 heteroatoms. The second-order valence-electron chi connectivity index (χ2n) is 5.06. The van der Waals surface area contributed by atoms with Gasteiger partial charge in [0.2, 0.25) is 0 Å². The molecular formula is C13H22N2O2. The highest BCUT2D eigenvalue weighted by atomic mass is 16.6. The van der Waals surface area contributed by atoms with Crippen molar-refractivity contribution >= 4 is 11.9 Å². The van der Waals surface area contributed by atoms with Gasteiger partial charge in [-0.2, -0.15) is 0 Å². The Morgan fingerprint density at radius 3 is 2.82 bits per heavy atom. The maximum atomic E-state index is 11.9. The monoisotopic (exact) mass is 238 g/mol. The van der Waals surface area contributed by atoms with Crippen LogP contribution in [0.15, 0.2) is 17.1 Å². The number of carbonyl (C=O) groups is 1. The van der Waals surface area contributed by atoms with Crippen LogP contribution in [0.2, 0.25) is 0 Å². The summed E-state index contributed by atoms with van der Waals surface area (Å²) >= 11 is 0. The first kappa shape index (κ1) is 13.7. The minimum Gasteiger partial charge on any atom is -0.443 e. The minimum absolute atomic E-state index is 0.310. The largest absolute Gasteiger partial charge is 0.443 e. The van der Waals surface area contributed by atoms with E-state index in [1.807, 2.05) is 32.9 Å². The van der Waals surface area contributed by atoms with E-state index in [-0.39, 0.29) is 6.09 Å². The summed E-state index contributed by atoms with van der Waals surface area (Å²) in [5.74, 6) is 0.715. The lowest BCUT2D eigenvalue weighted by atomic mass is 10.2. The lowest BCUT2D eigenvalue weighted by molar-refractivity contribution is 0.0385. The maximum Gasteiger partial charge on any atom is 0.416 e. The standard InChI is InChI=1S/C13H22N2O2/c1-5-6-7-8-11-14-9-10-15(11)12(16)17-13(2,3)4/h7-8H,5-6,9-10H2,1-4H3/b8-7-. The van der Waals surface area contributed by atoms with Crippen molar-refractivity contribution in [2.45, 2.75) is 46.1 Å². The van der Waals surface area contributed by atoms with Crippen molar-refractivity contribution < 1.29 is 9.53 Å². The molecule has 0 fully saturated rings. The van der Waals surface area contributed by atoms with E-state index in [4.69, 9.17) is 4.74 Å². The zero-order valence-electron chi connectivity index (χ0n) is 11.2. The highest BCUT2D eigenvalue weighted by molar-refractivity contribution is 6.03. The second-order valence-corrected chi connectivity index (χ2v) is 5.06. The Hall–Kier alpha value is -1.32. The molecule has 1 rings (SSSR count). The third kappa shape index (κ3) is 4.59. The van der Waals surface area contributed by atoms with Gasteiger partial charge in [0.1, 0.15) is 11.4 Å². The Labute approximate surface area is 103 Å². The van der Waals surface area contributed by atoms with Gasteiger partial charge in [-0.25, -0.2) is 4.79 Å². The first-order chi connectivity index (χ1) is 7.94. The Balaban J connectivity index is 2.59. The number of hydrogen-bond acceptors (Lipinski definition) is 3. The number of allylic oxidation sites excluding steroid dienone is 1. The molecule has 1 aliphatic rings. The van der Waals surface area contributed by atoms with Gasteiger partial charge in [-0.15, -0.1) is 0 Å². The van der Waals surface area contributed by atoms with Crippen LogP contribution >= 0.6 is 0 Å². The number of hydrogen-bond donors (Lipinski definition) is 0. The highest BCUT2D eigenvalue weighted by Crippen LogP contribution is 2.13. The van der Waals surface area contributed by atoms with Gasteiger partial charge in [-0.05, 0) is 33.3 Å². The van der Waals surface area contributed by atoms with Gasteiger partial charge in [0, 0.05) is 0 Å². The van der Waals surface area contributed by atoms with Crippen molar-refractivity contribution in [3.8, 4) is 0 Å². The minimum atomic E-state index is -0.460. The fraction of sp³-hybridized carbons (Fsp3) is 0.692. The van der Waals surface area contributed by atoms with Crippen LogP contribution in [0.25, 0.3) is 0 Å². The van der Waals surface area contributed by atoms with Gasteiger partial charge in [-0.1, -0.05) is 19.4 Å². The van der Waals surface area contributed by atoms with E-state index in [0.717, 1.165) is 12.8 Å². The summed E-state index contributed by atoms with van der Waals surface area (Å²) < 4.78 is 5.33. The van der Waals surface area contributed by atoms with E-state index < -0.39 is 5.60 Å². The number of amidine groups is 1.